The molecule has 1 aromatic rings. The van der Waals surface area contributed by atoms with Crippen molar-refractivity contribution in [3.05, 3.63) is 23.9 Å². The Labute approximate surface area is 78.7 Å². The maximum absolute atomic E-state index is 12.2. The van der Waals surface area contributed by atoms with Crippen LogP contribution in [0.15, 0.2) is 18.3 Å². The van der Waals surface area contributed by atoms with Gasteiger partial charge in [0, 0.05) is 12.3 Å². The van der Waals surface area contributed by atoms with Gasteiger partial charge >= 0.3 is 6.18 Å². The van der Waals surface area contributed by atoms with E-state index in [1.807, 2.05) is 0 Å². The van der Waals surface area contributed by atoms with Gasteiger partial charge in [0.1, 0.15) is 6.04 Å². The van der Waals surface area contributed by atoms with E-state index in [0.29, 0.717) is 0 Å². The smallest absolute Gasteiger partial charge is 0.407 e. The summed E-state index contributed by atoms with van der Waals surface area (Å²) in [5.41, 5.74) is 4.92. The van der Waals surface area contributed by atoms with E-state index in [-0.39, 0.29) is 11.4 Å². The van der Waals surface area contributed by atoms with E-state index >= 15 is 0 Å². The zero-order valence-electron chi connectivity index (χ0n) is 7.38. The molecule has 1 atom stereocenters. The fourth-order valence-electron chi connectivity index (χ4n) is 0.919. The molecule has 0 fully saturated rings. The summed E-state index contributed by atoms with van der Waals surface area (Å²) < 4.78 is 41.2. The molecule has 0 radical (unpaired) electrons. The summed E-state index contributed by atoms with van der Waals surface area (Å²) >= 11 is 0. The Morgan fingerprint density at radius 2 is 2.14 bits per heavy atom. The Bertz CT molecular complexity index is 314. The van der Waals surface area contributed by atoms with Gasteiger partial charge in [-0.05, 0) is 11.6 Å². The van der Waals surface area contributed by atoms with Crippen molar-refractivity contribution in [2.45, 2.75) is 12.2 Å². The molecule has 0 aromatic carbocycles. The second kappa shape index (κ2) is 3.83. The molecule has 0 bridgehead atoms. The van der Waals surface area contributed by atoms with Crippen molar-refractivity contribution in [1.82, 2.24) is 4.98 Å². The normalized spacial score (nSPS) is 13.8. The third-order valence-electron chi connectivity index (χ3n) is 1.68. The van der Waals surface area contributed by atoms with Crippen LogP contribution in [-0.4, -0.2) is 18.3 Å². The quantitative estimate of drug-likeness (QED) is 0.800. The van der Waals surface area contributed by atoms with Gasteiger partial charge in [0.05, 0.1) is 7.11 Å². The van der Waals surface area contributed by atoms with E-state index in [2.05, 4.69) is 9.72 Å². The maximum atomic E-state index is 12.2. The Morgan fingerprint density at radius 3 is 2.64 bits per heavy atom. The molecule has 14 heavy (non-hydrogen) atoms. The molecule has 0 saturated carbocycles. The lowest BCUT2D eigenvalue weighted by Crippen LogP contribution is -2.28. The van der Waals surface area contributed by atoms with Crippen molar-refractivity contribution in [3.63, 3.8) is 0 Å². The first-order chi connectivity index (χ1) is 6.45. The van der Waals surface area contributed by atoms with Crippen LogP contribution in [0.3, 0.4) is 0 Å². The summed E-state index contributed by atoms with van der Waals surface area (Å²) in [6.45, 7) is 0. The number of nitrogens with zero attached hydrogens (tertiary/aromatic N) is 1. The lowest BCUT2D eigenvalue weighted by molar-refractivity contribution is -0.149. The summed E-state index contributed by atoms with van der Waals surface area (Å²) in [6, 6.07) is 0.373. The minimum absolute atomic E-state index is 0.0654. The standard InChI is InChI=1S/C8H9F3N2O/c1-14-6-4-5(2-3-13-6)7(12)8(9,10)11/h2-4,7H,12H2,1H3/t7-/m1/s1. The number of hydrogen-bond donors (Lipinski definition) is 1. The summed E-state index contributed by atoms with van der Waals surface area (Å²) in [5.74, 6) is 0.113. The molecule has 2 N–H and O–H groups in total. The number of ether oxygens (including phenoxy) is 1. The molecular weight excluding hydrogens is 197 g/mol. The van der Waals surface area contributed by atoms with E-state index in [4.69, 9.17) is 5.73 Å². The van der Waals surface area contributed by atoms with Crippen LogP contribution >= 0.6 is 0 Å². The molecule has 1 aromatic heterocycles. The van der Waals surface area contributed by atoms with E-state index in [1.54, 1.807) is 0 Å². The van der Waals surface area contributed by atoms with Crippen LogP contribution in [0.5, 0.6) is 5.88 Å². The highest BCUT2D eigenvalue weighted by molar-refractivity contribution is 5.24. The van der Waals surface area contributed by atoms with Gasteiger partial charge in [-0.25, -0.2) is 4.98 Å². The summed E-state index contributed by atoms with van der Waals surface area (Å²) in [4.78, 5) is 3.68. The SMILES string of the molecule is COc1cc([C@@H](N)C(F)(F)F)ccn1. The van der Waals surface area contributed by atoms with E-state index < -0.39 is 12.2 Å². The van der Waals surface area contributed by atoms with Crippen LogP contribution in [0, 0.1) is 0 Å². The third kappa shape index (κ3) is 2.35. The zero-order chi connectivity index (χ0) is 10.8. The number of nitrogens with two attached hydrogens (primary N) is 1. The predicted molar refractivity (Wildman–Crippen MR) is 43.8 cm³/mol. The van der Waals surface area contributed by atoms with Crippen molar-refractivity contribution in [3.8, 4) is 5.88 Å². The number of pyridine rings is 1. The second-order valence-electron chi connectivity index (χ2n) is 2.65. The molecule has 0 aliphatic heterocycles. The first-order valence-corrected chi connectivity index (χ1v) is 3.77. The average molecular weight is 206 g/mol. The third-order valence-corrected chi connectivity index (χ3v) is 1.68. The second-order valence-corrected chi connectivity index (χ2v) is 2.65. The van der Waals surface area contributed by atoms with Crippen molar-refractivity contribution < 1.29 is 17.9 Å². The molecule has 78 valence electrons. The molecule has 3 nitrogen and oxygen atoms in total. The highest BCUT2D eigenvalue weighted by Gasteiger charge is 2.37. The van der Waals surface area contributed by atoms with Gasteiger partial charge in [0.2, 0.25) is 5.88 Å². The van der Waals surface area contributed by atoms with Gasteiger partial charge in [-0.15, -0.1) is 0 Å². The summed E-state index contributed by atoms with van der Waals surface area (Å²) in [7, 11) is 1.32. The molecule has 0 spiro atoms. The fraction of sp³-hybridized carbons (Fsp3) is 0.375. The van der Waals surface area contributed by atoms with Crippen molar-refractivity contribution >= 4 is 0 Å². The van der Waals surface area contributed by atoms with Gasteiger partial charge in [0.25, 0.3) is 0 Å². The van der Waals surface area contributed by atoms with Crippen LogP contribution in [0.1, 0.15) is 11.6 Å². The minimum Gasteiger partial charge on any atom is -0.481 e. The number of alkyl halides is 3. The molecule has 1 rings (SSSR count). The van der Waals surface area contributed by atoms with Crippen LogP contribution in [0.25, 0.3) is 0 Å². The van der Waals surface area contributed by atoms with Crippen LogP contribution in [-0.2, 0) is 0 Å². The Balaban J connectivity index is 2.95. The molecule has 0 aliphatic rings. The number of hydrogen-bond acceptors (Lipinski definition) is 3. The Hall–Kier alpha value is -1.30. The molecule has 6 heteroatoms. The van der Waals surface area contributed by atoms with Gasteiger partial charge in [0.15, 0.2) is 0 Å². The topological polar surface area (TPSA) is 48.1 Å². The number of methoxy groups -OCH3 is 1. The first-order valence-electron chi connectivity index (χ1n) is 3.77. The van der Waals surface area contributed by atoms with Crippen LogP contribution in [0.4, 0.5) is 13.2 Å². The van der Waals surface area contributed by atoms with Gasteiger partial charge in [-0.3, -0.25) is 0 Å². The van der Waals surface area contributed by atoms with Crippen LogP contribution < -0.4 is 10.5 Å². The molecule has 0 saturated heterocycles. The van der Waals surface area contributed by atoms with Crippen molar-refractivity contribution in [2.75, 3.05) is 7.11 Å². The molecule has 0 amide bonds. The number of rotatable bonds is 2. The van der Waals surface area contributed by atoms with Crippen LogP contribution in [0.2, 0.25) is 0 Å². The first kappa shape index (κ1) is 10.8. The van der Waals surface area contributed by atoms with Gasteiger partial charge < -0.3 is 10.5 Å². The molecule has 0 unspecified atom stereocenters. The largest absolute Gasteiger partial charge is 0.481 e. The van der Waals surface area contributed by atoms with E-state index in [1.165, 1.54) is 19.4 Å². The minimum atomic E-state index is -4.45. The van der Waals surface area contributed by atoms with Crippen molar-refractivity contribution in [1.29, 1.82) is 0 Å². The highest BCUT2D eigenvalue weighted by Crippen LogP contribution is 2.30. The molecule has 1 heterocycles. The number of halogens is 3. The van der Waals surface area contributed by atoms with Gasteiger partial charge in [-0.1, -0.05) is 0 Å². The fourth-order valence-corrected chi connectivity index (χ4v) is 0.919. The average Bonchev–Trinajstić information content (AvgIpc) is 2.15. The van der Waals surface area contributed by atoms with E-state index in [0.717, 1.165) is 6.07 Å². The van der Waals surface area contributed by atoms with Crippen molar-refractivity contribution in [2.24, 2.45) is 5.73 Å². The Morgan fingerprint density at radius 1 is 1.50 bits per heavy atom. The predicted octanol–water partition coefficient (Wildman–Crippen LogP) is 1.65. The monoisotopic (exact) mass is 206 g/mol. The highest BCUT2D eigenvalue weighted by atomic mass is 19.4. The summed E-state index contributed by atoms with van der Waals surface area (Å²) in [5, 5.41) is 0. The summed E-state index contributed by atoms with van der Waals surface area (Å²) in [6.07, 6.45) is -3.23. The number of aromatic nitrogens is 1. The maximum Gasteiger partial charge on any atom is 0.407 e. The lowest BCUT2D eigenvalue weighted by Gasteiger charge is -2.15. The van der Waals surface area contributed by atoms with Gasteiger partial charge in [-0.2, -0.15) is 13.2 Å². The Kier molecular flexibility index (Phi) is 2.95. The lowest BCUT2D eigenvalue weighted by atomic mass is 10.1. The zero-order valence-corrected chi connectivity index (χ0v) is 7.38. The molecule has 0 aliphatic carbocycles. The molecular formula is C8H9F3N2O. The van der Waals surface area contributed by atoms with E-state index in [9.17, 15) is 13.2 Å².